The smallest absolute Gasteiger partial charge is 0.419 e. The highest BCUT2D eigenvalue weighted by Gasteiger charge is 2.35. The lowest BCUT2D eigenvalue weighted by molar-refractivity contribution is -0.140. The van der Waals surface area contributed by atoms with Crippen LogP contribution in [0, 0.1) is 5.82 Å². The summed E-state index contributed by atoms with van der Waals surface area (Å²) >= 11 is 6.03. The molecule has 2 N–H and O–H groups in total. The molecule has 19 heteroatoms. The fourth-order valence-electron chi connectivity index (χ4n) is 6.65. The lowest BCUT2D eigenvalue weighted by Crippen LogP contribution is -2.51. The van der Waals surface area contributed by atoms with Gasteiger partial charge in [-0.2, -0.15) is 22.7 Å². The van der Waals surface area contributed by atoms with Gasteiger partial charge in [-0.05, 0) is 36.6 Å². The molecular weight excluding hydrogens is 726 g/mol. The van der Waals surface area contributed by atoms with E-state index in [4.69, 9.17) is 16.3 Å². The number of hydrogen-bond donors (Lipinski definition) is 2. The molecule has 0 aliphatic carbocycles. The Hall–Kier alpha value is -5.49. The van der Waals surface area contributed by atoms with Gasteiger partial charge in [-0.3, -0.25) is 14.4 Å². The molecule has 6 heterocycles. The van der Waals surface area contributed by atoms with Crippen LogP contribution in [0.25, 0.3) is 22.3 Å². The van der Waals surface area contributed by atoms with Crippen molar-refractivity contribution in [3.05, 3.63) is 80.6 Å². The standard InChI is InChI=1S/C34H32ClF4N9O5/c1-3-24-28(45-8-10-46(11-9-45)31(51)27-29(50)19-4-7-44(2)25(19)16-40-27)32(52)48-33(42-30(43-48)18-5-12-53-13-6-18)47(24)17-26(49)41-23-15-22(36)20(14-21(23)35)34(37,38)39/h4-5,7,14-16,50H,3,6,8-13,17H2,1-2H3,(H,41,49). The predicted molar refractivity (Wildman–Crippen MR) is 186 cm³/mol. The van der Waals surface area contributed by atoms with E-state index in [0.717, 1.165) is 10.1 Å². The van der Waals surface area contributed by atoms with E-state index in [1.54, 1.807) is 41.8 Å². The zero-order chi connectivity index (χ0) is 37.8. The van der Waals surface area contributed by atoms with Crippen molar-refractivity contribution in [2.75, 3.05) is 49.6 Å². The number of nitrogens with one attached hydrogen (secondary N) is 1. The maximum atomic E-state index is 14.4. The summed E-state index contributed by atoms with van der Waals surface area (Å²) in [6.45, 7) is 2.75. The first-order valence-corrected chi connectivity index (χ1v) is 17.0. The van der Waals surface area contributed by atoms with Crippen LogP contribution in [0.1, 0.15) is 40.9 Å². The van der Waals surface area contributed by atoms with Gasteiger partial charge in [0.25, 0.3) is 11.5 Å². The third kappa shape index (κ3) is 6.56. The van der Waals surface area contributed by atoms with Crippen molar-refractivity contribution >= 4 is 57.0 Å². The Bertz CT molecular complexity index is 2380. The summed E-state index contributed by atoms with van der Waals surface area (Å²) in [5, 5.41) is 17.7. The third-order valence-corrected chi connectivity index (χ3v) is 9.66. The number of piperazine rings is 1. The second-order valence-electron chi connectivity index (χ2n) is 12.6. The summed E-state index contributed by atoms with van der Waals surface area (Å²) in [7, 11) is 1.80. The second-order valence-corrected chi connectivity index (χ2v) is 13.0. The third-order valence-electron chi connectivity index (χ3n) is 9.35. The van der Waals surface area contributed by atoms with Crippen molar-refractivity contribution in [1.82, 2.24) is 33.6 Å². The Morgan fingerprint density at radius 3 is 2.58 bits per heavy atom. The molecule has 14 nitrogen and oxygen atoms in total. The molecule has 1 saturated heterocycles. The van der Waals surface area contributed by atoms with Gasteiger partial charge in [0.2, 0.25) is 11.7 Å². The zero-order valence-corrected chi connectivity index (χ0v) is 29.1. The predicted octanol–water partition coefficient (Wildman–Crippen LogP) is 4.26. The molecule has 0 spiro atoms. The van der Waals surface area contributed by atoms with E-state index in [1.807, 2.05) is 0 Å². The van der Waals surface area contributed by atoms with Crippen LogP contribution in [0.4, 0.5) is 28.9 Å². The van der Waals surface area contributed by atoms with Gasteiger partial charge in [-0.25, -0.2) is 9.37 Å². The molecule has 0 saturated carbocycles. The number of nitrogens with zero attached hydrogens (tertiary/aromatic N) is 8. The molecule has 4 aromatic heterocycles. The summed E-state index contributed by atoms with van der Waals surface area (Å²) in [5.41, 5.74) is -0.549. The molecule has 2 aliphatic rings. The number of rotatable bonds is 7. The Labute approximate surface area is 302 Å². The first-order valence-electron chi connectivity index (χ1n) is 16.6. The van der Waals surface area contributed by atoms with Crippen molar-refractivity contribution in [1.29, 1.82) is 0 Å². The summed E-state index contributed by atoms with van der Waals surface area (Å²) in [5.74, 6) is -2.82. The van der Waals surface area contributed by atoms with Gasteiger partial charge >= 0.3 is 6.18 Å². The highest BCUT2D eigenvalue weighted by Crippen LogP contribution is 2.36. The van der Waals surface area contributed by atoms with Crippen molar-refractivity contribution in [3.63, 3.8) is 0 Å². The fraction of sp³-hybridized carbons (Fsp3) is 0.353. The minimum absolute atomic E-state index is 0.0320. The van der Waals surface area contributed by atoms with Crippen molar-refractivity contribution in [3.8, 4) is 5.75 Å². The maximum absolute atomic E-state index is 14.4. The quantitative estimate of drug-likeness (QED) is 0.232. The first-order chi connectivity index (χ1) is 25.3. The summed E-state index contributed by atoms with van der Waals surface area (Å²) in [6, 6.07) is 2.59. The van der Waals surface area contributed by atoms with Gasteiger partial charge in [0.15, 0.2) is 17.3 Å². The molecule has 1 aromatic carbocycles. The summed E-state index contributed by atoms with van der Waals surface area (Å²) in [4.78, 5) is 53.4. The number of amides is 2. The van der Waals surface area contributed by atoms with Gasteiger partial charge in [-0.15, -0.1) is 5.10 Å². The number of benzene rings is 1. The maximum Gasteiger partial charge on any atom is 0.419 e. The van der Waals surface area contributed by atoms with Crippen LogP contribution in [0.5, 0.6) is 5.75 Å². The number of alkyl halides is 3. The number of fused-ring (bicyclic) bond motifs is 2. The van der Waals surface area contributed by atoms with E-state index in [-0.39, 0.29) is 67.0 Å². The molecule has 7 rings (SSSR count). The van der Waals surface area contributed by atoms with E-state index < -0.39 is 46.5 Å². The number of halogens is 5. The molecule has 1 fully saturated rings. The van der Waals surface area contributed by atoms with Gasteiger partial charge < -0.3 is 34.1 Å². The number of aryl methyl sites for hydroxylation is 1. The lowest BCUT2D eigenvalue weighted by atomic mass is 10.1. The second kappa shape index (κ2) is 13.8. The van der Waals surface area contributed by atoms with Crippen LogP contribution in [-0.2, 0) is 35.7 Å². The molecule has 0 radical (unpaired) electrons. The van der Waals surface area contributed by atoms with Crippen LogP contribution in [0.3, 0.4) is 0 Å². The number of hydrogen-bond acceptors (Lipinski definition) is 9. The summed E-state index contributed by atoms with van der Waals surface area (Å²) in [6.07, 6.45) is 0.778. The topological polar surface area (TPSA) is 152 Å². The molecule has 5 aromatic rings. The van der Waals surface area contributed by atoms with Crippen LogP contribution in [-0.4, -0.2) is 89.9 Å². The molecule has 2 aliphatic heterocycles. The van der Waals surface area contributed by atoms with Crippen molar-refractivity contribution in [2.24, 2.45) is 7.05 Å². The van der Waals surface area contributed by atoms with Crippen LogP contribution >= 0.6 is 11.6 Å². The lowest BCUT2D eigenvalue weighted by Gasteiger charge is -2.36. The number of anilines is 2. The number of carbonyl (C=O) groups excluding carboxylic acids is 2. The van der Waals surface area contributed by atoms with Crippen molar-refractivity contribution in [2.45, 2.75) is 32.5 Å². The number of carbonyl (C=O) groups is 2. The Morgan fingerprint density at radius 1 is 1.15 bits per heavy atom. The molecule has 2 amide bonds. The van der Waals surface area contributed by atoms with Gasteiger partial charge in [-0.1, -0.05) is 24.6 Å². The van der Waals surface area contributed by atoms with Crippen LogP contribution in [0.15, 0.2) is 41.5 Å². The number of pyridine rings is 1. The van der Waals surface area contributed by atoms with E-state index >= 15 is 0 Å². The fourth-order valence-corrected chi connectivity index (χ4v) is 6.86. The van der Waals surface area contributed by atoms with Crippen LogP contribution < -0.4 is 15.8 Å². The SMILES string of the molecule is CCc1c(N2CCN(C(=O)c3ncc4c(ccn4C)c3O)CC2)c(=O)n2nc(C3=CCOCC3)nc2n1CC(=O)Nc1cc(F)c(C(F)(F)F)cc1Cl. The first kappa shape index (κ1) is 35.9. The molecule has 0 atom stereocenters. The van der Waals surface area contributed by atoms with E-state index in [1.165, 1.54) is 15.7 Å². The number of aromatic nitrogens is 6. The zero-order valence-electron chi connectivity index (χ0n) is 28.4. The minimum atomic E-state index is -5.00. The van der Waals surface area contributed by atoms with E-state index in [0.29, 0.717) is 48.4 Å². The number of aromatic hydroxyl groups is 1. The van der Waals surface area contributed by atoms with E-state index in [2.05, 4.69) is 20.4 Å². The minimum Gasteiger partial charge on any atom is -0.505 e. The highest BCUT2D eigenvalue weighted by atomic mass is 35.5. The summed E-state index contributed by atoms with van der Waals surface area (Å²) < 4.78 is 63.9. The monoisotopic (exact) mass is 757 g/mol. The highest BCUT2D eigenvalue weighted by molar-refractivity contribution is 6.33. The van der Waals surface area contributed by atoms with Crippen LogP contribution in [0.2, 0.25) is 5.02 Å². The molecule has 0 unspecified atom stereocenters. The molecule has 0 bridgehead atoms. The Balaban J connectivity index is 1.22. The van der Waals surface area contributed by atoms with E-state index in [9.17, 15) is 37.1 Å². The molecule has 53 heavy (non-hydrogen) atoms. The Kier molecular flexibility index (Phi) is 9.35. The number of ether oxygens (including phenoxy) is 1. The molecular formula is C34H32ClF4N9O5. The van der Waals surface area contributed by atoms with Crippen molar-refractivity contribution < 1.29 is 37.0 Å². The molecule has 278 valence electrons. The Morgan fingerprint density at radius 2 is 1.91 bits per heavy atom. The average Bonchev–Trinajstić information content (AvgIpc) is 3.76. The largest absolute Gasteiger partial charge is 0.505 e. The normalized spacial score (nSPS) is 15.3. The average molecular weight is 758 g/mol. The van der Waals surface area contributed by atoms with Gasteiger partial charge in [0, 0.05) is 44.8 Å². The van der Waals surface area contributed by atoms with Gasteiger partial charge in [0.05, 0.1) is 46.9 Å². The van der Waals surface area contributed by atoms with Gasteiger partial charge in [0.1, 0.15) is 18.0 Å².